The van der Waals surface area contributed by atoms with Crippen LogP contribution >= 0.6 is 0 Å². The Labute approximate surface area is 321 Å². The van der Waals surface area contributed by atoms with Gasteiger partial charge >= 0.3 is 24.1 Å². The molecule has 0 unspecified atom stereocenters. The van der Waals surface area contributed by atoms with Gasteiger partial charge in [-0.25, -0.2) is 9.59 Å². The summed E-state index contributed by atoms with van der Waals surface area (Å²) in [5.41, 5.74) is -0.881. The lowest BCUT2D eigenvalue weighted by atomic mass is 9.80. The van der Waals surface area contributed by atoms with E-state index in [0.717, 1.165) is 38.5 Å². The fraction of sp³-hybridized carbons (Fsp3) is 0.619. The van der Waals surface area contributed by atoms with Crippen LogP contribution in [0.3, 0.4) is 0 Å². The van der Waals surface area contributed by atoms with E-state index in [1.807, 2.05) is 91.8 Å². The van der Waals surface area contributed by atoms with Gasteiger partial charge in [0, 0.05) is 49.9 Å². The number of piperidine rings is 2. The number of para-hydroxylation sites is 2. The van der Waals surface area contributed by atoms with Crippen LogP contribution in [0.25, 0.3) is 0 Å². The number of nitrogens with one attached hydrogen (secondary N) is 2. The third-order valence-corrected chi connectivity index (χ3v) is 10.1. The predicted molar refractivity (Wildman–Crippen MR) is 208 cm³/mol. The summed E-state index contributed by atoms with van der Waals surface area (Å²) in [4.78, 5) is 62.5. The van der Waals surface area contributed by atoms with E-state index >= 15 is 0 Å². The molecule has 0 spiro atoms. The van der Waals surface area contributed by atoms with E-state index in [1.165, 1.54) is 0 Å². The first-order chi connectivity index (χ1) is 25.4. The standard InChI is InChI=1S/C42H62N4O8/c1-39(2)27-33(28-40(3,4)45(39)53-37(49)43-31-21-15-13-16-22-31)51-35(47)25-19-11-9-10-12-20-26-36(48)52-34-29-41(5,6)46(42(7,8)30-34)54-38(50)44-32-23-17-14-18-24-32/h13-18,21-24,33-34H,9-12,19-20,25-30H2,1-8H3,(H,43,49)(H,44,50). The van der Waals surface area contributed by atoms with Crippen LogP contribution in [0.2, 0.25) is 0 Å². The molecule has 0 bridgehead atoms. The molecule has 0 aliphatic carbocycles. The maximum atomic E-state index is 12.8. The highest BCUT2D eigenvalue weighted by molar-refractivity contribution is 5.84. The van der Waals surface area contributed by atoms with Gasteiger partial charge in [-0.2, -0.15) is 0 Å². The van der Waals surface area contributed by atoms with Crippen molar-refractivity contribution in [3.8, 4) is 0 Å². The molecule has 2 aliphatic rings. The smallest absolute Gasteiger partial charge is 0.430 e. The van der Waals surface area contributed by atoms with E-state index in [0.29, 0.717) is 49.9 Å². The molecule has 12 nitrogen and oxygen atoms in total. The van der Waals surface area contributed by atoms with Crippen LogP contribution in [0.5, 0.6) is 0 Å². The third kappa shape index (κ3) is 12.7. The van der Waals surface area contributed by atoms with Gasteiger partial charge < -0.3 is 19.1 Å². The van der Waals surface area contributed by atoms with Crippen LogP contribution in [-0.2, 0) is 28.7 Å². The lowest BCUT2D eigenvalue weighted by molar-refractivity contribution is -0.254. The molecular formula is C42H62N4O8. The molecule has 4 rings (SSSR count). The minimum atomic E-state index is -0.558. The summed E-state index contributed by atoms with van der Waals surface area (Å²) in [6.45, 7) is 15.9. The highest BCUT2D eigenvalue weighted by Gasteiger charge is 2.50. The molecule has 298 valence electrons. The molecule has 0 atom stereocenters. The minimum absolute atomic E-state index is 0.204. The average Bonchev–Trinajstić information content (AvgIpc) is 3.06. The average molecular weight is 751 g/mol. The number of hydrogen-bond acceptors (Lipinski definition) is 10. The summed E-state index contributed by atoms with van der Waals surface area (Å²) >= 11 is 0. The van der Waals surface area contributed by atoms with Crippen LogP contribution in [0.1, 0.15) is 132 Å². The zero-order valence-corrected chi connectivity index (χ0v) is 33.6. The van der Waals surface area contributed by atoms with Gasteiger partial charge in [-0.1, -0.05) is 62.1 Å². The molecule has 0 aromatic heterocycles. The van der Waals surface area contributed by atoms with Crippen molar-refractivity contribution in [1.29, 1.82) is 0 Å². The van der Waals surface area contributed by atoms with Crippen LogP contribution in [0.4, 0.5) is 21.0 Å². The number of benzene rings is 2. The molecule has 54 heavy (non-hydrogen) atoms. The maximum absolute atomic E-state index is 12.8. The number of esters is 2. The summed E-state index contributed by atoms with van der Waals surface area (Å²) in [6.07, 6.45) is 6.48. The van der Waals surface area contributed by atoms with E-state index in [9.17, 15) is 19.2 Å². The van der Waals surface area contributed by atoms with Gasteiger partial charge in [-0.15, -0.1) is 10.1 Å². The number of rotatable bonds is 15. The lowest BCUT2D eigenvalue weighted by Crippen LogP contribution is -2.62. The van der Waals surface area contributed by atoms with Gasteiger partial charge in [0.2, 0.25) is 0 Å². The third-order valence-electron chi connectivity index (χ3n) is 10.1. The van der Waals surface area contributed by atoms with Crippen molar-refractivity contribution in [1.82, 2.24) is 10.1 Å². The molecule has 2 aromatic rings. The molecule has 2 heterocycles. The second-order valence-electron chi connectivity index (χ2n) is 17.2. The monoisotopic (exact) mass is 750 g/mol. The fourth-order valence-electron chi connectivity index (χ4n) is 8.23. The summed E-state index contributed by atoms with van der Waals surface area (Å²) < 4.78 is 11.8. The predicted octanol–water partition coefficient (Wildman–Crippen LogP) is 9.56. The SMILES string of the molecule is CC1(C)CC(OC(=O)CCCCCCCCC(=O)OC2CC(C)(C)N(OC(=O)Nc3ccccc3)C(C)(C)C2)CC(C)(C)N1OC(=O)Nc1ccccc1. The quantitative estimate of drug-likeness (QED) is 0.134. The largest absolute Gasteiger partial charge is 0.462 e. The Morgan fingerprint density at radius 3 is 1.13 bits per heavy atom. The van der Waals surface area contributed by atoms with Gasteiger partial charge in [0.1, 0.15) is 12.2 Å². The van der Waals surface area contributed by atoms with E-state index in [2.05, 4.69) is 10.6 Å². The summed E-state index contributed by atoms with van der Waals surface area (Å²) in [7, 11) is 0. The number of nitrogens with zero attached hydrogens (tertiary/aromatic N) is 2. The van der Waals surface area contributed by atoms with E-state index in [4.69, 9.17) is 19.1 Å². The minimum Gasteiger partial charge on any atom is -0.462 e. The van der Waals surface area contributed by atoms with Gasteiger partial charge in [0.05, 0.1) is 22.2 Å². The molecule has 2 amide bonds. The Balaban J connectivity index is 1.08. The number of amides is 2. The van der Waals surface area contributed by atoms with Gasteiger partial charge in [-0.05, 0) is 92.5 Å². The van der Waals surface area contributed by atoms with E-state index in [-0.39, 0.29) is 24.1 Å². The first-order valence-electron chi connectivity index (χ1n) is 19.4. The number of unbranched alkanes of at least 4 members (excludes halogenated alkanes) is 5. The normalized spacial score (nSPS) is 19.6. The number of anilines is 2. The van der Waals surface area contributed by atoms with Gasteiger partial charge in [0.15, 0.2) is 0 Å². The molecule has 2 saturated heterocycles. The zero-order chi connectivity index (χ0) is 39.6. The molecule has 12 heteroatoms. The summed E-state index contributed by atoms with van der Waals surface area (Å²) in [6, 6.07) is 18.3. The highest BCUT2D eigenvalue weighted by atomic mass is 16.7. The first-order valence-corrected chi connectivity index (χ1v) is 19.4. The number of carbonyl (C=O) groups is 4. The molecule has 2 fully saturated rings. The Morgan fingerprint density at radius 1 is 0.519 bits per heavy atom. The van der Waals surface area contributed by atoms with Crippen molar-refractivity contribution in [2.75, 3.05) is 10.6 Å². The molecule has 2 N–H and O–H groups in total. The molecule has 2 aromatic carbocycles. The van der Waals surface area contributed by atoms with Crippen molar-refractivity contribution in [3.05, 3.63) is 60.7 Å². The summed E-state index contributed by atoms with van der Waals surface area (Å²) in [5, 5.41) is 8.97. The van der Waals surface area contributed by atoms with Crippen LogP contribution < -0.4 is 10.6 Å². The number of hydrogen-bond donors (Lipinski definition) is 2. The molecular weight excluding hydrogens is 688 g/mol. The van der Waals surface area contributed by atoms with Crippen LogP contribution in [0, 0.1) is 0 Å². The van der Waals surface area contributed by atoms with E-state index in [1.54, 1.807) is 34.4 Å². The van der Waals surface area contributed by atoms with Gasteiger partial charge in [0.25, 0.3) is 0 Å². The van der Waals surface area contributed by atoms with Crippen molar-refractivity contribution in [3.63, 3.8) is 0 Å². The van der Waals surface area contributed by atoms with Crippen molar-refractivity contribution in [2.45, 2.75) is 167 Å². The molecule has 2 aliphatic heterocycles. The van der Waals surface area contributed by atoms with Crippen molar-refractivity contribution >= 4 is 35.5 Å². The topological polar surface area (TPSA) is 136 Å². The zero-order valence-electron chi connectivity index (χ0n) is 33.6. The number of hydroxylamine groups is 4. The second-order valence-corrected chi connectivity index (χ2v) is 17.2. The van der Waals surface area contributed by atoms with Crippen LogP contribution in [-0.4, -0.2) is 68.6 Å². The Hall–Kier alpha value is -4.16. The Morgan fingerprint density at radius 2 is 0.815 bits per heavy atom. The van der Waals surface area contributed by atoms with Crippen molar-refractivity contribution in [2.24, 2.45) is 0 Å². The summed E-state index contributed by atoms with van der Waals surface area (Å²) in [5.74, 6) is -0.408. The second kappa shape index (κ2) is 18.4. The van der Waals surface area contributed by atoms with Gasteiger partial charge in [-0.3, -0.25) is 20.2 Å². The fourth-order valence-corrected chi connectivity index (χ4v) is 8.23. The first kappa shape index (κ1) is 42.6. The van der Waals surface area contributed by atoms with Crippen molar-refractivity contribution < 1.29 is 38.3 Å². The highest BCUT2D eigenvalue weighted by Crippen LogP contribution is 2.41. The number of carbonyl (C=O) groups excluding carboxylic acids is 4. The lowest BCUT2D eigenvalue weighted by Gasteiger charge is -2.52. The maximum Gasteiger partial charge on any atom is 0.430 e. The molecule has 0 saturated carbocycles. The van der Waals surface area contributed by atoms with Crippen LogP contribution in [0.15, 0.2) is 60.7 Å². The Kier molecular flexibility index (Phi) is 14.5. The molecule has 0 radical (unpaired) electrons. The Bertz CT molecular complexity index is 1390. The number of ether oxygens (including phenoxy) is 2. The van der Waals surface area contributed by atoms with E-state index < -0.39 is 34.3 Å².